The highest BCUT2D eigenvalue weighted by Crippen LogP contribution is 2.22. The minimum Gasteiger partial charge on any atom is -0.452 e. The number of benzene rings is 1. The lowest BCUT2D eigenvalue weighted by Gasteiger charge is -2.23. The second-order valence-electron chi connectivity index (χ2n) is 6.29. The Morgan fingerprint density at radius 1 is 1.22 bits per heavy atom. The number of aryl methyl sites for hydroxylation is 1. The Morgan fingerprint density at radius 3 is 2.70 bits per heavy atom. The van der Waals surface area contributed by atoms with E-state index in [1.54, 1.807) is 31.4 Å². The Kier molecular flexibility index (Phi) is 5.93. The fourth-order valence-corrected chi connectivity index (χ4v) is 3.00. The zero-order chi connectivity index (χ0) is 17.9. The van der Waals surface area contributed by atoms with E-state index < -0.39 is 0 Å². The third-order valence-electron chi connectivity index (χ3n) is 4.44. The molecule has 0 radical (unpaired) electrons. The SMILES string of the molecule is Cl.Cn1c(=O)c(Oc2ccccc2)cc2cnc(NC3CCOCC3)nc21. The maximum absolute atomic E-state index is 12.6. The van der Waals surface area contributed by atoms with Gasteiger partial charge in [-0.1, -0.05) is 18.2 Å². The second kappa shape index (κ2) is 8.37. The summed E-state index contributed by atoms with van der Waals surface area (Å²) in [7, 11) is 1.69. The molecule has 0 bridgehead atoms. The van der Waals surface area contributed by atoms with E-state index in [0.717, 1.165) is 31.4 Å². The summed E-state index contributed by atoms with van der Waals surface area (Å²) in [6.45, 7) is 1.48. The third kappa shape index (κ3) is 4.20. The summed E-state index contributed by atoms with van der Waals surface area (Å²) in [5, 5.41) is 4.07. The standard InChI is InChI=1S/C19H20N4O3.ClH/c1-23-17-13(11-16(18(23)24)26-15-5-3-2-4-6-15)12-20-19(22-17)21-14-7-9-25-10-8-14;/h2-6,11-12,14H,7-10H2,1H3,(H,20,21,22);1H. The summed E-state index contributed by atoms with van der Waals surface area (Å²) in [5.41, 5.74) is 0.331. The maximum atomic E-state index is 12.6. The average molecular weight is 389 g/mol. The van der Waals surface area contributed by atoms with Crippen molar-refractivity contribution in [3.8, 4) is 11.5 Å². The molecule has 3 aromatic rings. The molecular formula is C19H21ClN4O3. The summed E-state index contributed by atoms with van der Waals surface area (Å²) in [5.74, 6) is 1.39. The Hall–Kier alpha value is -2.64. The van der Waals surface area contributed by atoms with Crippen LogP contribution < -0.4 is 15.6 Å². The molecule has 0 unspecified atom stereocenters. The van der Waals surface area contributed by atoms with Gasteiger partial charge in [-0.25, -0.2) is 4.98 Å². The predicted molar refractivity (Wildman–Crippen MR) is 106 cm³/mol. The topological polar surface area (TPSA) is 78.3 Å². The Bertz CT molecular complexity index is 972. The number of pyridine rings is 1. The van der Waals surface area contributed by atoms with Crippen LogP contribution in [0.5, 0.6) is 11.5 Å². The number of nitrogens with one attached hydrogen (secondary N) is 1. The van der Waals surface area contributed by atoms with Gasteiger partial charge in [0.2, 0.25) is 5.95 Å². The molecule has 0 aliphatic carbocycles. The van der Waals surface area contributed by atoms with Crippen molar-refractivity contribution in [2.24, 2.45) is 7.05 Å². The number of aromatic nitrogens is 3. The zero-order valence-corrected chi connectivity index (χ0v) is 15.7. The molecular weight excluding hydrogens is 368 g/mol. The largest absolute Gasteiger partial charge is 0.452 e. The van der Waals surface area contributed by atoms with E-state index in [0.29, 0.717) is 23.4 Å². The highest BCUT2D eigenvalue weighted by Gasteiger charge is 2.16. The summed E-state index contributed by atoms with van der Waals surface area (Å²) in [6, 6.07) is 11.2. The van der Waals surface area contributed by atoms with E-state index in [1.807, 2.05) is 18.2 Å². The van der Waals surface area contributed by atoms with Crippen molar-refractivity contribution in [1.29, 1.82) is 0 Å². The fraction of sp³-hybridized carbons (Fsp3) is 0.316. The first-order valence-corrected chi connectivity index (χ1v) is 8.65. The zero-order valence-electron chi connectivity index (χ0n) is 14.9. The van der Waals surface area contributed by atoms with Crippen LogP contribution in [0.25, 0.3) is 11.0 Å². The van der Waals surface area contributed by atoms with Crippen LogP contribution in [-0.2, 0) is 11.8 Å². The van der Waals surface area contributed by atoms with Crippen LogP contribution >= 0.6 is 12.4 Å². The van der Waals surface area contributed by atoms with Gasteiger partial charge < -0.3 is 14.8 Å². The first-order valence-electron chi connectivity index (χ1n) is 8.65. The highest BCUT2D eigenvalue weighted by molar-refractivity contribution is 5.85. The molecule has 0 saturated carbocycles. The van der Waals surface area contributed by atoms with Gasteiger partial charge in [0.15, 0.2) is 5.75 Å². The molecule has 1 aliphatic heterocycles. The molecule has 142 valence electrons. The number of para-hydroxylation sites is 1. The molecule has 1 aliphatic rings. The maximum Gasteiger partial charge on any atom is 0.294 e. The molecule has 3 heterocycles. The number of hydrogen-bond acceptors (Lipinski definition) is 6. The lowest BCUT2D eigenvalue weighted by atomic mass is 10.1. The second-order valence-corrected chi connectivity index (χ2v) is 6.29. The van der Waals surface area contributed by atoms with Crippen molar-refractivity contribution >= 4 is 29.4 Å². The smallest absolute Gasteiger partial charge is 0.294 e. The number of nitrogens with zero attached hydrogens (tertiary/aromatic N) is 3. The summed E-state index contributed by atoms with van der Waals surface area (Å²) in [6.07, 6.45) is 3.55. The van der Waals surface area contributed by atoms with Crippen LogP contribution in [0, 0.1) is 0 Å². The molecule has 27 heavy (non-hydrogen) atoms. The van der Waals surface area contributed by atoms with Crippen LogP contribution in [0.1, 0.15) is 12.8 Å². The van der Waals surface area contributed by atoms with E-state index >= 15 is 0 Å². The molecule has 0 atom stereocenters. The van der Waals surface area contributed by atoms with Gasteiger partial charge in [0.05, 0.1) is 0 Å². The van der Waals surface area contributed by atoms with Crippen molar-refractivity contribution in [3.05, 3.63) is 52.9 Å². The van der Waals surface area contributed by atoms with Crippen molar-refractivity contribution < 1.29 is 9.47 Å². The summed E-state index contributed by atoms with van der Waals surface area (Å²) in [4.78, 5) is 21.5. The molecule has 1 fully saturated rings. The molecule has 7 nitrogen and oxygen atoms in total. The van der Waals surface area contributed by atoms with Crippen LogP contribution in [0.15, 0.2) is 47.4 Å². The predicted octanol–water partition coefficient (Wildman–Crippen LogP) is 3.13. The Morgan fingerprint density at radius 2 is 1.96 bits per heavy atom. The number of fused-ring (bicyclic) bond motifs is 1. The molecule has 1 N–H and O–H groups in total. The van der Waals surface area contributed by atoms with E-state index in [2.05, 4.69) is 15.3 Å². The van der Waals surface area contributed by atoms with Crippen molar-refractivity contribution in [1.82, 2.24) is 14.5 Å². The summed E-state index contributed by atoms with van der Waals surface area (Å²) >= 11 is 0. The van der Waals surface area contributed by atoms with Gasteiger partial charge in [-0.05, 0) is 31.0 Å². The number of halogens is 1. The van der Waals surface area contributed by atoms with Gasteiger partial charge in [-0.2, -0.15) is 4.98 Å². The third-order valence-corrected chi connectivity index (χ3v) is 4.44. The van der Waals surface area contributed by atoms with E-state index in [1.165, 1.54) is 4.57 Å². The quantitative estimate of drug-likeness (QED) is 0.739. The fourth-order valence-electron chi connectivity index (χ4n) is 3.00. The Labute approximate surface area is 162 Å². The molecule has 0 amide bonds. The summed E-state index contributed by atoms with van der Waals surface area (Å²) < 4.78 is 12.6. The average Bonchev–Trinajstić information content (AvgIpc) is 2.68. The lowest BCUT2D eigenvalue weighted by Crippen LogP contribution is -2.29. The first-order chi connectivity index (χ1) is 12.7. The van der Waals surface area contributed by atoms with Crippen LogP contribution in [-0.4, -0.2) is 33.8 Å². The van der Waals surface area contributed by atoms with Gasteiger partial charge in [-0.15, -0.1) is 12.4 Å². The number of rotatable bonds is 4. The van der Waals surface area contributed by atoms with Crippen molar-refractivity contribution in [3.63, 3.8) is 0 Å². The minimum atomic E-state index is -0.239. The van der Waals surface area contributed by atoms with Crippen LogP contribution in [0.3, 0.4) is 0 Å². The van der Waals surface area contributed by atoms with Crippen molar-refractivity contribution in [2.45, 2.75) is 18.9 Å². The lowest BCUT2D eigenvalue weighted by molar-refractivity contribution is 0.0903. The first kappa shape index (κ1) is 19.1. The highest BCUT2D eigenvalue weighted by atomic mass is 35.5. The number of hydrogen-bond donors (Lipinski definition) is 1. The molecule has 2 aromatic heterocycles. The minimum absolute atomic E-state index is 0. The van der Waals surface area contributed by atoms with Gasteiger partial charge in [0.25, 0.3) is 5.56 Å². The van der Waals surface area contributed by atoms with Gasteiger partial charge in [0, 0.05) is 37.9 Å². The normalized spacial score (nSPS) is 14.6. The van der Waals surface area contributed by atoms with E-state index in [-0.39, 0.29) is 23.7 Å². The molecule has 0 spiro atoms. The van der Waals surface area contributed by atoms with E-state index in [9.17, 15) is 4.79 Å². The number of ether oxygens (including phenoxy) is 2. The molecule has 1 aromatic carbocycles. The van der Waals surface area contributed by atoms with Gasteiger partial charge in [-0.3, -0.25) is 9.36 Å². The van der Waals surface area contributed by atoms with Crippen LogP contribution in [0.4, 0.5) is 5.95 Å². The molecule has 8 heteroatoms. The molecule has 4 rings (SSSR count). The van der Waals surface area contributed by atoms with Gasteiger partial charge in [0.1, 0.15) is 11.4 Å². The Balaban J connectivity index is 0.00000210. The van der Waals surface area contributed by atoms with Crippen LogP contribution in [0.2, 0.25) is 0 Å². The van der Waals surface area contributed by atoms with Crippen molar-refractivity contribution in [2.75, 3.05) is 18.5 Å². The van der Waals surface area contributed by atoms with Gasteiger partial charge >= 0.3 is 0 Å². The monoisotopic (exact) mass is 388 g/mol. The van der Waals surface area contributed by atoms with E-state index in [4.69, 9.17) is 9.47 Å². The number of anilines is 1. The molecule has 1 saturated heterocycles.